The topological polar surface area (TPSA) is 75.9 Å². The molecule has 0 atom stereocenters. The summed E-state index contributed by atoms with van der Waals surface area (Å²) in [4.78, 5) is 29.7. The number of imidazole rings is 1. The monoisotopic (exact) mass is 474 g/mol. The first-order valence-corrected chi connectivity index (χ1v) is 11.4. The van der Waals surface area contributed by atoms with E-state index in [1.165, 1.54) is 16.7 Å². The van der Waals surface area contributed by atoms with Gasteiger partial charge in [0.15, 0.2) is 5.82 Å². The van der Waals surface area contributed by atoms with Crippen molar-refractivity contribution >= 4 is 17.4 Å². The Morgan fingerprint density at radius 3 is 2.56 bits per heavy atom. The summed E-state index contributed by atoms with van der Waals surface area (Å²) in [5, 5.41) is 0. The minimum atomic E-state index is -4.46. The summed E-state index contributed by atoms with van der Waals surface area (Å²) in [6, 6.07) is 4.10. The number of alkyl halides is 3. The van der Waals surface area contributed by atoms with E-state index in [0.29, 0.717) is 61.5 Å². The number of carbonyl (C=O) groups excluding carboxylic acids is 1. The number of rotatable bonds is 4. The van der Waals surface area contributed by atoms with Gasteiger partial charge in [0.25, 0.3) is 0 Å². The van der Waals surface area contributed by atoms with Gasteiger partial charge in [0.2, 0.25) is 5.91 Å². The van der Waals surface area contributed by atoms with Crippen LogP contribution >= 0.6 is 0 Å². The second-order valence-corrected chi connectivity index (χ2v) is 8.65. The Morgan fingerprint density at radius 1 is 1.06 bits per heavy atom. The molecule has 0 bridgehead atoms. The Balaban J connectivity index is 1.28. The van der Waals surface area contributed by atoms with Crippen LogP contribution in [0.5, 0.6) is 0 Å². The van der Waals surface area contributed by atoms with Gasteiger partial charge in [0, 0.05) is 58.2 Å². The number of hydrogen-bond acceptors (Lipinski definition) is 6. The molecule has 11 heteroatoms. The van der Waals surface area contributed by atoms with Crippen molar-refractivity contribution in [3.8, 4) is 11.5 Å². The Morgan fingerprint density at radius 2 is 1.82 bits per heavy atom. The van der Waals surface area contributed by atoms with E-state index in [4.69, 9.17) is 4.74 Å². The molecule has 5 heterocycles. The molecular formula is C23H25F3N6O2. The number of aromatic nitrogens is 4. The lowest BCUT2D eigenvalue weighted by molar-refractivity contribution is -0.138. The SMILES string of the molecule is O=C(CC1CCOCC1)N1CCN(c2ccnc(-c3cnc4ccc(C(F)(F)F)cn34)n2)CC1. The van der Waals surface area contributed by atoms with Crippen molar-refractivity contribution in [3.63, 3.8) is 0 Å². The van der Waals surface area contributed by atoms with E-state index >= 15 is 0 Å². The number of carbonyl (C=O) groups is 1. The molecule has 0 saturated carbocycles. The zero-order chi connectivity index (χ0) is 23.7. The highest BCUT2D eigenvalue weighted by Gasteiger charge is 2.31. The summed E-state index contributed by atoms with van der Waals surface area (Å²) in [5.41, 5.74) is -0.00108. The Labute approximate surface area is 194 Å². The van der Waals surface area contributed by atoms with Gasteiger partial charge in [-0.2, -0.15) is 13.2 Å². The molecule has 3 aromatic heterocycles. The maximum atomic E-state index is 13.2. The van der Waals surface area contributed by atoms with Crippen molar-refractivity contribution in [2.24, 2.45) is 5.92 Å². The van der Waals surface area contributed by atoms with Crippen LogP contribution in [-0.4, -0.2) is 69.6 Å². The van der Waals surface area contributed by atoms with Gasteiger partial charge in [-0.3, -0.25) is 9.20 Å². The van der Waals surface area contributed by atoms with Crippen LogP contribution in [0.15, 0.2) is 36.8 Å². The summed E-state index contributed by atoms with van der Waals surface area (Å²) in [7, 11) is 0. The third-order valence-corrected chi connectivity index (χ3v) is 6.46. The van der Waals surface area contributed by atoms with E-state index in [0.717, 1.165) is 38.3 Å². The molecule has 3 aromatic rings. The predicted molar refractivity (Wildman–Crippen MR) is 118 cm³/mol. The standard InChI is InChI=1S/C23H25F3N6O2/c24-23(25,26)17-1-2-19-28-14-18(32(19)15-17)22-27-6-3-20(29-22)30-7-9-31(10-8-30)21(33)13-16-4-11-34-12-5-16/h1-3,6,14-16H,4-5,7-13H2. The molecule has 2 aliphatic heterocycles. The fourth-order valence-electron chi connectivity index (χ4n) is 4.47. The van der Waals surface area contributed by atoms with Crippen LogP contribution in [0.3, 0.4) is 0 Å². The molecule has 2 fully saturated rings. The maximum absolute atomic E-state index is 13.2. The fraction of sp³-hybridized carbons (Fsp3) is 0.478. The van der Waals surface area contributed by atoms with Gasteiger partial charge < -0.3 is 14.5 Å². The smallest absolute Gasteiger partial charge is 0.381 e. The van der Waals surface area contributed by atoms with Crippen LogP contribution < -0.4 is 4.90 Å². The Bertz CT molecular complexity index is 1170. The molecule has 0 unspecified atom stereocenters. The summed E-state index contributed by atoms with van der Waals surface area (Å²) < 4.78 is 46.3. The summed E-state index contributed by atoms with van der Waals surface area (Å²) in [5.74, 6) is 1.54. The van der Waals surface area contributed by atoms with Gasteiger partial charge in [0.1, 0.15) is 17.2 Å². The normalized spacial score (nSPS) is 18.0. The van der Waals surface area contributed by atoms with E-state index in [-0.39, 0.29) is 5.91 Å². The lowest BCUT2D eigenvalue weighted by Gasteiger charge is -2.36. The Kier molecular flexibility index (Phi) is 6.11. The lowest BCUT2D eigenvalue weighted by Crippen LogP contribution is -2.49. The summed E-state index contributed by atoms with van der Waals surface area (Å²) in [6.45, 7) is 3.91. The van der Waals surface area contributed by atoms with E-state index in [2.05, 4.69) is 19.9 Å². The number of anilines is 1. The first kappa shape index (κ1) is 22.6. The zero-order valence-electron chi connectivity index (χ0n) is 18.5. The number of hydrogen-bond donors (Lipinski definition) is 0. The van der Waals surface area contributed by atoms with Crippen LogP contribution in [0.1, 0.15) is 24.8 Å². The molecule has 2 saturated heterocycles. The van der Waals surface area contributed by atoms with Crippen molar-refractivity contribution in [3.05, 3.63) is 42.4 Å². The minimum absolute atomic E-state index is 0.182. The number of halogens is 3. The molecule has 8 nitrogen and oxygen atoms in total. The summed E-state index contributed by atoms with van der Waals surface area (Å²) in [6.07, 6.45) is 2.05. The first-order chi connectivity index (χ1) is 16.4. The van der Waals surface area contributed by atoms with Gasteiger partial charge in [-0.15, -0.1) is 0 Å². The second kappa shape index (κ2) is 9.21. The number of nitrogens with zero attached hydrogens (tertiary/aromatic N) is 6. The molecule has 2 aliphatic rings. The predicted octanol–water partition coefficient (Wildman–Crippen LogP) is 3.28. The van der Waals surface area contributed by atoms with Crippen molar-refractivity contribution < 1.29 is 22.7 Å². The highest BCUT2D eigenvalue weighted by atomic mass is 19.4. The largest absolute Gasteiger partial charge is 0.417 e. The number of ether oxygens (including phenoxy) is 1. The molecule has 5 rings (SSSR count). The van der Waals surface area contributed by atoms with Gasteiger partial charge in [-0.25, -0.2) is 15.0 Å². The molecule has 0 aliphatic carbocycles. The van der Waals surface area contributed by atoms with E-state index < -0.39 is 11.7 Å². The van der Waals surface area contributed by atoms with Crippen LogP contribution in [0.2, 0.25) is 0 Å². The van der Waals surface area contributed by atoms with Crippen molar-refractivity contribution in [2.75, 3.05) is 44.3 Å². The third kappa shape index (κ3) is 4.70. The molecule has 0 spiro atoms. The van der Waals surface area contributed by atoms with Gasteiger partial charge in [0.05, 0.1) is 11.8 Å². The number of amides is 1. The minimum Gasteiger partial charge on any atom is -0.381 e. The molecule has 0 N–H and O–H groups in total. The first-order valence-electron chi connectivity index (χ1n) is 11.4. The molecule has 0 aromatic carbocycles. The van der Waals surface area contributed by atoms with Crippen LogP contribution in [0.4, 0.5) is 19.0 Å². The van der Waals surface area contributed by atoms with Crippen molar-refractivity contribution in [1.82, 2.24) is 24.3 Å². The number of pyridine rings is 1. The highest BCUT2D eigenvalue weighted by Crippen LogP contribution is 2.30. The zero-order valence-corrected chi connectivity index (χ0v) is 18.5. The fourth-order valence-corrected chi connectivity index (χ4v) is 4.47. The van der Waals surface area contributed by atoms with E-state index in [9.17, 15) is 18.0 Å². The van der Waals surface area contributed by atoms with Crippen molar-refractivity contribution in [1.29, 1.82) is 0 Å². The van der Waals surface area contributed by atoms with Gasteiger partial charge in [-0.05, 0) is 37.0 Å². The Hall–Kier alpha value is -3.21. The van der Waals surface area contributed by atoms with E-state index in [1.807, 2.05) is 4.90 Å². The van der Waals surface area contributed by atoms with Gasteiger partial charge >= 0.3 is 6.18 Å². The van der Waals surface area contributed by atoms with E-state index in [1.54, 1.807) is 12.3 Å². The third-order valence-electron chi connectivity index (χ3n) is 6.46. The molecule has 1 amide bonds. The van der Waals surface area contributed by atoms with Crippen molar-refractivity contribution in [2.45, 2.75) is 25.4 Å². The molecule has 34 heavy (non-hydrogen) atoms. The maximum Gasteiger partial charge on any atom is 0.417 e. The molecule has 180 valence electrons. The molecular weight excluding hydrogens is 449 g/mol. The summed E-state index contributed by atoms with van der Waals surface area (Å²) >= 11 is 0. The average molecular weight is 474 g/mol. The number of piperazine rings is 1. The van der Waals surface area contributed by atoms with Gasteiger partial charge in [-0.1, -0.05) is 0 Å². The average Bonchev–Trinajstić information content (AvgIpc) is 3.28. The lowest BCUT2D eigenvalue weighted by atomic mass is 9.96. The number of fused-ring (bicyclic) bond motifs is 1. The van der Waals surface area contributed by atoms with Crippen LogP contribution in [0, 0.1) is 5.92 Å². The highest BCUT2D eigenvalue weighted by molar-refractivity contribution is 5.76. The quantitative estimate of drug-likeness (QED) is 0.578. The van der Waals surface area contributed by atoms with Crippen LogP contribution in [0.25, 0.3) is 17.2 Å². The second-order valence-electron chi connectivity index (χ2n) is 8.65. The molecule has 0 radical (unpaired) electrons. The van der Waals surface area contributed by atoms with Crippen LogP contribution in [-0.2, 0) is 15.7 Å².